The van der Waals surface area contributed by atoms with Crippen LogP contribution in [0.25, 0.3) is 0 Å². The predicted octanol–water partition coefficient (Wildman–Crippen LogP) is 3.48. The summed E-state index contributed by atoms with van der Waals surface area (Å²) >= 11 is 6.34. The third kappa shape index (κ3) is 4.32. The SMILES string of the molecule is CC(C)(C)C(=O)N[C@@H]1CCCCCC[C@H]1Cl. The molecule has 1 aliphatic rings. The maximum absolute atomic E-state index is 11.9. The smallest absolute Gasteiger partial charge is 0.225 e. The summed E-state index contributed by atoms with van der Waals surface area (Å²) < 4.78 is 0. The van der Waals surface area contributed by atoms with E-state index in [4.69, 9.17) is 11.6 Å². The fourth-order valence-corrected chi connectivity index (χ4v) is 2.33. The van der Waals surface area contributed by atoms with Gasteiger partial charge in [0, 0.05) is 11.5 Å². The molecule has 1 rings (SSSR count). The van der Waals surface area contributed by atoms with Crippen molar-refractivity contribution >= 4 is 17.5 Å². The average Bonchev–Trinajstić information content (AvgIpc) is 2.16. The van der Waals surface area contributed by atoms with Gasteiger partial charge >= 0.3 is 0 Å². The van der Waals surface area contributed by atoms with E-state index in [2.05, 4.69) is 5.32 Å². The average molecular weight is 246 g/mol. The van der Waals surface area contributed by atoms with Gasteiger partial charge < -0.3 is 5.32 Å². The molecule has 94 valence electrons. The Kier molecular flexibility index (Phi) is 5.10. The van der Waals surface area contributed by atoms with Crippen molar-refractivity contribution in [1.29, 1.82) is 0 Å². The summed E-state index contributed by atoms with van der Waals surface area (Å²) in [4.78, 5) is 11.9. The molecule has 0 aromatic heterocycles. The Balaban J connectivity index is 2.52. The molecule has 0 saturated heterocycles. The maximum atomic E-state index is 11.9. The minimum atomic E-state index is -0.320. The van der Waals surface area contributed by atoms with Crippen LogP contribution in [0.4, 0.5) is 0 Å². The van der Waals surface area contributed by atoms with Gasteiger partial charge in [-0.1, -0.05) is 46.5 Å². The van der Waals surface area contributed by atoms with Gasteiger partial charge in [0.2, 0.25) is 5.91 Å². The number of hydrogen-bond acceptors (Lipinski definition) is 1. The monoisotopic (exact) mass is 245 g/mol. The molecule has 0 bridgehead atoms. The van der Waals surface area contributed by atoms with E-state index in [1.54, 1.807) is 0 Å². The minimum Gasteiger partial charge on any atom is -0.351 e. The van der Waals surface area contributed by atoms with E-state index in [9.17, 15) is 4.79 Å². The number of hydrogen-bond donors (Lipinski definition) is 1. The van der Waals surface area contributed by atoms with Gasteiger partial charge in [0.15, 0.2) is 0 Å². The van der Waals surface area contributed by atoms with Gasteiger partial charge in [0.05, 0.1) is 5.38 Å². The lowest BCUT2D eigenvalue weighted by molar-refractivity contribution is -0.129. The van der Waals surface area contributed by atoms with Crippen molar-refractivity contribution in [3.8, 4) is 0 Å². The van der Waals surface area contributed by atoms with E-state index < -0.39 is 0 Å². The lowest BCUT2D eigenvalue weighted by Crippen LogP contribution is -2.46. The molecule has 0 unspecified atom stereocenters. The zero-order chi connectivity index (χ0) is 12.2. The standard InChI is InChI=1S/C13H24ClNO/c1-13(2,3)12(16)15-11-9-7-5-4-6-8-10(11)14/h10-11H,4-9H2,1-3H3,(H,15,16)/t10-,11-/m1/s1. The van der Waals surface area contributed by atoms with E-state index >= 15 is 0 Å². The summed E-state index contributed by atoms with van der Waals surface area (Å²) in [7, 11) is 0. The zero-order valence-electron chi connectivity index (χ0n) is 10.7. The molecule has 0 spiro atoms. The first-order valence-corrected chi connectivity index (χ1v) is 6.80. The van der Waals surface area contributed by atoms with Crippen LogP contribution in [0.1, 0.15) is 59.3 Å². The minimum absolute atomic E-state index is 0.103. The lowest BCUT2D eigenvalue weighted by atomic mass is 9.92. The molecular weight excluding hydrogens is 222 g/mol. The molecule has 0 aromatic carbocycles. The Bertz CT molecular complexity index is 235. The fraction of sp³-hybridized carbons (Fsp3) is 0.923. The Hall–Kier alpha value is -0.240. The summed E-state index contributed by atoms with van der Waals surface area (Å²) in [5.74, 6) is 0.115. The van der Waals surface area contributed by atoms with Gasteiger partial charge in [0.25, 0.3) is 0 Å². The van der Waals surface area contributed by atoms with Crippen LogP contribution in [0.5, 0.6) is 0 Å². The van der Waals surface area contributed by atoms with Gasteiger partial charge in [-0.3, -0.25) is 4.79 Å². The van der Waals surface area contributed by atoms with Gasteiger partial charge in [-0.2, -0.15) is 0 Å². The largest absolute Gasteiger partial charge is 0.351 e. The van der Waals surface area contributed by atoms with Crippen molar-refractivity contribution in [3.05, 3.63) is 0 Å². The molecule has 1 amide bonds. The highest BCUT2D eigenvalue weighted by molar-refractivity contribution is 6.21. The topological polar surface area (TPSA) is 29.1 Å². The van der Waals surface area contributed by atoms with E-state index in [1.165, 1.54) is 25.7 Å². The third-order valence-electron chi connectivity index (χ3n) is 3.18. The lowest BCUT2D eigenvalue weighted by Gasteiger charge is -2.29. The first-order chi connectivity index (χ1) is 7.41. The molecule has 1 fully saturated rings. The van der Waals surface area contributed by atoms with Crippen LogP contribution in [-0.2, 0) is 4.79 Å². The molecule has 1 saturated carbocycles. The highest BCUT2D eigenvalue weighted by Gasteiger charge is 2.27. The molecule has 16 heavy (non-hydrogen) atoms. The van der Waals surface area contributed by atoms with Crippen molar-refractivity contribution in [2.75, 3.05) is 0 Å². The molecule has 2 atom stereocenters. The van der Waals surface area contributed by atoms with Crippen molar-refractivity contribution in [1.82, 2.24) is 5.32 Å². The summed E-state index contributed by atoms with van der Waals surface area (Å²) in [6.07, 6.45) is 6.97. The normalized spacial score (nSPS) is 28.0. The number of carbonyl (C=O) groups excluding carboxylic acids is 1. The second-order valence-electron chi connectivity index (χ2n) is 5.84. The summed E-state index contributed by atoms with van der Waals surface area (Å²) in [5.41, 5.74) is -0.320. The predicted molar refractivity (Wildman–Crippen MR) is 68.7 cm³/mol. The Morgan fingerprint density at radius 3 is 2.25 bits per heavy atom. The first-order valence-electron chi connectivity index (χ1n) is 6.36. The van der Waals surface area contributed by atoms with Crippen LogP contribution < -0.4 is 5.32 Å². The number of nitrogens with one attached hydrogen (secondary N) is 1. The Morgan fingerprint density at radius 1 is 1.12 bits per heavy atom. The molecule has 1 aliphatic carbocycles. The molecule has 3 heteroatoms. The number of alkyl halides is 1. The molecule has 0 heterocycles. The molecule has 0 aliphatic heterocycles. The summed E-state index contributed by atoms with van der Waals surface area (Å²) in [6.45, 7) is 5.82. The van der Waals surface area contributed by atoms with Crippen LogP contribution >= 0.6 is 11.6 Å². The van der Waals surface area contributed by atoms with Crippen molar-refractivity contribution < 1.29 is 4.79 Å². The molecule has 2 nitrogen and oxygen atoms in total. The number of carbonyl (C=O) groups is 1. The van der Waals surface area contributed by atoms with Crippen LogP contribution in [0.2, 0.25) is 0 Å². The van der Waals surface area contributed by atoms with Gasteiger partial charge in [-0.05, 0) is 12.8 Å². The number of rotatable bonds is 1. The zero-order valence-corrected chi connectivity index (χ0v) is 11.4. The Morgan fingerprint density at radius 2 is 1.69 bits per heavy atom. The Labute approximate surface area is 104 Å². The summed E-state index contributed by atoms with van der Waals surface area (Å²) in [6, 6.07) is 0.161. The van der Waals surface area contributed by atoms with E-state index in [0.29, 0.717) is 0 Å². The number of halogens is 1. The van der Waals surface area contributed by atoms with E-state index in [0.717, 1.165) is 12.8 Å². The van der Waals surface area contributed by atoms with Crippen molar-refractivity contribution in [2.45, 2.75) is 70.7 Å². The van der Waals surface area contributed by atoms with E-state index in [-0.39, 0.29) is 22.7 Å². The molecule has 0 aromatic rings. The van der Waals surface area contributed by atoms with E-state index in [1.807, 2.05) is 20.8 Å². The van der Waals surface area contributed by atoms with Gasteiger partial charge in [-0.25, -0.2) is 0 Å². The quantitative estimate of drug-likeness (QED) is 0.704. The van der Waals surface area contributed by atoms with Crippen LogP contribution in [0.15, 0.2) is 0 Å². The fourth-order valence-electron chi connectivity index (χ4n) is 1.99. The van der Waals surface area contributed by atoms with Crippen LogP contribution in [-0.4, -0.2) is 17.3 Å². The second kappa shape index (κ2) is 5.90. The van der Waals surface area contributed by atoms with Crippen molar-refractivity contribution in [2.24, 2.45) is 5.41 Å². The maximum Gasteiger partial charge on any atom is 0.225 e. The molecule has 0 radical (unpaired) electrons. The first kappa shape index (κ1) is 13.8. The molecular formula is C13H24ClNO. The van der Waals surface area contributed by atoms with Crippen molar-refractivity contribution in [3.63, 3.8) is 0 Å². The van der Waals surface area contributed by atoms with Gasteiger partial charge in [0.1, 0.15) is 0 Å². The highest BCUT2D eigenvalue weighted by Crippen LogP contribution is 2.23. The number of amides is 1. The van der Waals surface area contributed by atoms with Crippen LogP contribution in [0, 0.1) is 5.41 Å². The second-order valence-corrected chi connectivity index (χ2v) is 6.40. The third-order valence-corrected chi connectivity index (χ3v) is 3.70. The highest BCUT2D eigenvalue weighted by atomic mass is 35.5. The summed E-state index contributed by atoms with van der Waals surface area (Å²) in [5, 5.41) is 3.21. The van der Waals surface area contributed by atoms with Crippen LogP contribution in [0.3, 0.4) is 0 Å². The van der Waals surface area contributed by atoms with Gasteiger partial charge in [-0.15, -0.1) is 11.6 Å². The molecule has 1 N–H and O–H groups in total.